The van der Waals surface area contributed by atoms with Crippen molar-refractivity contribution in [3.05, 3.63) is 123 Å². The number of carbonyl (C=O) groups excluding carboxylic acids is 4. The summed E-state index contributed by atoms with van der Waals surface area (Å²) in [4.78, 5) is 91.8. The topological polar surface area (TPSA) is 207 Å². The molecule has 12 rings (SSSR count). The number of aromatic amines is 1. The van der Waals surface area contributed by atoms with Gasteiger partial charge in [-0.25, -0.2) is 4.98 Å². The first-order valence-electron chi connectivity index (χ1n) is 31.0. The molecule has 448 valence electrons. The van der Waals surface area contributed by atoms with E-state index in [0.717, 1.165) is 173 Å². The van der Waals surface area contributed by atoms with Gasteiger partial charge in [-0.3, -0.25) is 38.8 Å². The molecule has 8 heterocycles. The molecule has 2 atom stereocenters. The Morgan fingerprint density at radius 2 is 1.58 bits per heavy atom. The molecule has 4 N–H and O–H groups in total. The number of rotatable bonds is 20. The zero-order valence-corrected chi connectivity index (χ0v) is 49.4. The molecule has 19 heteroatoms. The third-order valence-corrected chi connectivity index (χ3v) is 18.9. The maximum Gasteiger partial charge on any atom is 0.270 e. The minimum absolute atomic E-state index is 0.00761. The van der Waals surface area contributed by atoms with E-state index in [1.807, 2.05) is 96.7 Å². The number of hydrogen-bond acceptors (Lipinski definition) is 14. The molecule has 5 aliphatic heterocycles. The van der Waals surface area contributed by atoms with Crippen LogP contribution in [0.1, 0.15) is 133 Å². The highest BCUT2D eigenvalue weighted by Crippen LogP contribution is 2.44. The van der Waals surface area contributed by atoms with E-state index in [-0.39, 0.29) is 53.2 Å². The minimum atomic E-state index is -0.598. The van der Waals surface area contributed by atoms with Crippen LogP contribution in [0.25, 0.3) is 11.0 Å². The Bertz CT molecular complexity index is 3160. The number of aromatic nitrogens is 3. The molecule has 1 unspecified atom stereocenters. The van der Waals surface area contributed by atoms with Crippen molar-refractivity contribution in [2.24, 2.45) is 5.92 Å². The van der Waals surface area contributed by atoms with Gasteiger partial charge < -0.3 is 49.8 Å². The van der Waals surface area contributed by atoms with E-state index in [9.17, 15) is 24.0 Å². The number of hydrogen-bond donors (Lipinski definition) is 4. The van der Waals surface area contributed by atoms with Gasteiger partial charge in [-0.15, -0.1) is 0 Å². The third kappa shape index (κ3) is 13.8. The first-order valence-corrected chi connectivity index (χ1v) is 31.0. The number of piperazine rings is 2. The smallest absolute Gasteiger partial charge is 0.270 e. The summed E-state index contributed by atoms with van der Waals surface area (Å²) in [6, 6.07) is 20.6. The number of amides is 4. The van der Waals surface area contributed by atoms with Crippen LogP contribution in [0.4, 0.5) is 5.69 Å². The number of nitrogens with one attached hydrogen (secondary N) is 4. The second-order valence-electron chi connectivity index (χ2n) is 24.4. The number of piperidine rings is 1. The molecule has 7 fully saturated rings. The summed E-state index contributed by atoms with van der Waals surface area (Å²) in [6.45, 7) is 14.4. The molecule has 4 amide bonds. The number of methoxy groups -OCH3 is 1. The molecule has 5 saturated heterocycles. The van der Waals surface area contributed by atoms with Gasteiger partial charge in [0.1, 0.15) is 23.2 Å². The van der Waals surface area contributed by atoms with Crippen molar-refractivity contribution in [2.75, 3.05) is 104 Å². The fraction of sp³-hybridized carbons (Fsp3) is 0.554. The summed E-state index contributed by atoms with van der Waals surface area (Å²) in [5.74, 6) is 1.27. The van der Waals surface area contributed by atoms with Gasteiger partial charge in [0, 0.05) is 120 Å². The highest BCUT2D eigenvalue weighted by Gasteiger charge is 2.51. The lowest BCUT2D eigenvalue weighted by Gasteiger charge is -2.54. The lowest BCUT2D eigenvalue weighted by Crippen LogP contribution is -2.66. The van der Waals surface area contributed by atoms with E-state index in [1.165, 1.54) is 0 Å². The Morgan fingerprint density at radius 3 is 2.31 bits per heavy atom. The number of pyridine rings is 3. The van der Waals surface area contributed by atoms with E-state index in [0.29, 0.717) is 63.6 Å². The van der Waals surface area contributed by atoms with Gasteiger partial charge in [0.2, 0.25) is 11.8 Å². The second-order valence-corrected chi connectivity index (χ2v) is 24.4. The quantitative estimate of drug-likeness (QED) is 0.0662. The number of likely N-dealkylation sites (tertiary alicyclic amines) is 1. The van der Waals surface area contributed by atoms with Gasteiger partial charge in [-0.05, 0) is 124 Å². The molecular formula is C65H85N11O8. The second kappa shape index (κ2) is 26.5. The number of carbonyl (C=O) groups is 4. The van der Waals surface area contributed by atoms with Crippen LogP contribution in [0.15, 0.2) is 83.9 Å². The Labute approximate surface area is 493 Å². The van der Waals surface area contributed by atoms with Crippen molar-refractivity contribution in [1.82, 2.24) is 50.5 Å². The number of fused-ring (bicyclic) bond motifs is 4. The summed E-state index contributed by atoms with van der Waals surface area (Å²) >= 11 is 0. The van der Waals surface area contributed by atoms with Crippen molar-refractivity contribution in [3.8, 4) is 11.5 Å². The van der Waals surface area contributed by atoms with E-state index >= 15 is 0 Å². The number of aryl methyl sites for hydroxylation is 1. The van der Waals surface area contributed by atoms with Crippen LogP contribution in [-0.4, -0.2) is 174 Å². The lowest BCUT2D eigenvalue weighted by atomic mass is 9.70. The largest absolute Gasteiger partial charge is 0.497 e. The van der Waals surface area contributed by atoms with Gasteiger partial charge >= 0.3 is 0 Å². The molecule has 2 bridgehead atoms. The third-order valence-electron chi connectivity index (χ3n) is 18.9. The number of anilines is 1. The van der Waals surface area contributed by atoms with Crippen molar-refractivity contribution < 1.29 is 33.4 Å². The molecule has 84 heavy (non-hydrogen) atoms. The number of benzene rings is 2. The van der Waals surface area contributed by atoms with Crippen LogP contribution in [0.2, 0.25) is 0 Å². The summed E-state index contributed by atoms with van der Waals surface area (Å²) in [5.41, 5.74) is 6.52. The monoisotopic (exact) mass is 1150 g/mol. The van der Waals surface area contributed by atoms with Gasteiger partial charge in [-0.1, -0.05) is 44.4 Å². The van der Waals surface area contributed by atoms with E-state index in [2.05, 4.69) is 51.7 Å². The zero-order chi connectivity index (χ0) is 58.2. The molecule has 0 radical (unpaired) electrons. The van der Waals surface area contributed by atoms with Crippen LogP contribution in [-0.2, 0) is 33.8 Å². The molecule has 2 aliphatic carbocycles. The highest BCUT2D eigenvalue weighted by atomic mass is 16.5. The minimum Gasteiger partial charge on any atom is -0.497 e. The fourth-order valence-corrected chi connectivity index (χ4v) is 13.8. The van der Waals surface area contributed by atoms with Crippen LogP contribution in [0.5, 0.6) is 11.5 Å². The van der Waals surface area contributed by atoms with Crippen LogP contribution in [0, 0.1) is 5.92 Å². The lowest BCUT2D eigenvalue weighted by molar-refractivity contribution is -0.171. The first kappa shape index (κ1) is 58.8. The average Bonchev–Trinajstić information content (AvgIpc) is 2.04. The molecule has 2 saturated carbocycles. The molecule has 5 aromatic rings. The standard InChI is InChI=1S/C65H85N11O8/c1-4-46-35-55-56(69-60(46)78)33-45(37-67-55)41-72-25-29-74(30-26-72)52-17-19-54(68-39-52)62(80)71-64-20-22-65(23-21-64,84-44-64)43-73-27-31-75(32-28-73)63(81)59(47-11-7-6-8-12-47)70-61(79)49-14-9-13-48(34-49)51-15-10-24-76(42-51)58(77)40-66-38-50-16-18-53(82-3)36-57(50)83-5-2/h9,13-14,16-19,33-37,39,47,51,59,66H,4-8,10-12,15,20-32,38,40-44H2,1-3H3,(H,69,78)(H,70,79)(H,71,80)/t51?,59-,64?,65?/m1/s1. The predicted octanol–water partition coefficient (Wildman–Crippen LogP) is 6.44. The van der Waals surface area contributed by atoms with Gasteiger partial charge in [0.25, 0.3) is 17.4 Å². The molecular weight excluding hydrogens is 1060 g/mol. The van der Waals surface area contributed by atoms with Gasteiger partial charge in [0.15, 0.2) is 0 Å². The van der Waals surface area contributed by atoms with Crippen molar-refractivity contribution >= 4 is 40.3 Å². The normalized spacial score (nSPS) is 22.8. The molecule has 2 aromatic carbocycles. The summed E-state index contributed by atoms with van der Waals surface area (Å²) in [5, 5.41) is 9.93. The highest BCUT2D eigenvalue weighted by molar-refractivity contribution is 5.98. The number of ether oxygens (including phenoxy) is 3. The maximum absolute atomic E-state index is 14.6. The Kier molecular flexibility index (Phi) is 18.6. The summed E-state index contributed by atoms with van der Waals surface area (Å²) in [6.07, 6.45) is 14.6. The Hall–Kier alpha value is -6.93. The van der Waals surface area contributed by atoms with E-state index in [4.69, 9.17) is 14.2 Å². The van der Waals surface area contributed by atoms with E-state index in [1.54, 1.807) is 7.11 Å². The maximum atomic E-state index is 14.6. The zero-order valence-electron chi connectivity index (χ0n) is 49.4. The summed E-state index contributed by atoms with van der Waals surface area (Å²) in [7, 11) is 1.63. The fourth-order valence-electron chi connectivity index (χ4n) is 13.8. The van der Waals surface area contributed by atoms with Crippen molar-refractivity contribution in [1.29, 1.82) is 0 Å². The number of H-pyrrole nitrogens is 1. The van der Waals surface area contributed by atoms with Crippen molar-refractivity contribution in [3.63, 3.8) is 0 Å². The van der Waals surface area contributed by atoms with Gasteiger partial charge in [-0.2, -0.15) is 0 Å². The predicted molar refractivity (Wildman–Crippen MR) is 323 cm³/mol. The average molecular weight is 1150 g/mol. The van der Waals surface area contributed by atoms with Gasteiger partial charge in [0.05, 0.1) is 60.9 Å². The SMILES string of the molecule is CCOc1cc(OC)ccc1CNCC(=O)N1CCCC(c2cccc(C(=O)N[C@@H](C(=O)N3CCN(CC45CCC(NC(=O)c6ccc(N7CCN(Cc8cnc9cc(CC)c(=O)[nH]c9c8)CC7)cn6)(CC4)CO5)CC3)C3CCCCC3)c2)C1. The molecule has 19 nitrogen and oxygen atoms in total. The van der Waals surface area contributed by atoms with Crippen LogP contribution >= 0.6 is 0 Å². The Balaban J connectivity index is 0.623. The molecule has 7 aliphatic rings. The van der Waals surface area contributed by atoms with Crippen LogP contribution < -0.4 is 35.9 Å². The molecule has 3 aromatic heterocycles. The first-order chi connectivity index (χ1) is 40.9. The summed E-state index contributed by atoms with van der Waals surface area (Å²) < 4.78 is 17.9. The van der Waals surface area contributed by atoms with Crippen LogP contribution in [0.3, 0.4) is 0 Å². The Morgan fingerprint density at radius 1 is 0.786 bits per heavy atom. The van der Waals surface area contributed by atoms with E-state index < -0.39 is 11.6 Å². The van der Waals surface area contributed by atoms with Crippen molar-refractivity contribution in [2.45, 2.75) is 127 Å². The number of nitrogens with zero attached hydrogens (tertiary/aromatic N) is 7. The molecule has 0 spiro atoms.